The molecule has 0 amide bonds. The van der Waals surface area contributed by atoms with Crippen LogP contribution in [0.15, 0.2) is 54.6 Å². The second-order valence-electron chi connectivity index (χ2n) is 6.55. The van der Waals surface area contributed by atoms with Crippen molar-refractivity contribution < 1.29 is 14.6 Å². The van der Waals surface area contributed by atoms with E-state index in [-0.39, 0.29) is 18.2 Å². The number of carbonyl (C=O) groups excluding carboxylic acids is 1. The SMILES string of the molecule is COc1ccccc1C1CC(=O)C(C)(O)CN1Cc1ccccc1. The molecule has 0 spiro atoms. The van der Waals surface area contributed by atoms with Gasteiger partial charge in [-0.15, -0.1) is 0 Å². The van der Waals surface area contributed by atoms with Gasteiger partial charge in [-0.2, -0.15) is 0 Å². The van der Waals surface area contributed by atoms with E-state index in [0.717, 1.165) is 16.9 Å². The Balaban J connectivity index is 1.95. The van der Waals surface area contributed by atoms with Crippen molar-refractivity contribution in [1.29, 1.82) is 0 Å². The van der Waals surface area contributed by atoms with Crippen LogP contribution in [0, 0.1) is 0 Å². The molecule has 2 atom stereocenters. The van der Waals surface area contributed by atoms with Crippen LogP contribution in [-0.4, -0.2) is 35.0 Å². The Kier molecular flexibility index (Phi) is 4.69. The van der Waals surface area contributed by atoms with E-state index in [2.05, 4.69) is 17.0 Å². The number of rotatable bonds is 4. The van der Waals surface area contributed by atoms with Gasteiger partial charge in [0.05, 0.1) is 7.11 Å². The van der Waals surface area contributed by atoms with Gasteiger partial charge in [-0.3, -0.25) is 9.69 Å². The summed E-state index contributed by atoms with van der Waals surface area (Å²) in [7, 11) is 1.64. The van der Waals surface area contributed by atoms with Crippen molar-refractivity contribution in [2.75, 3.05) is 13.7 Å². The number of piperidine rings is 1. The Bertz CT molecular complexity index is 712. The molecule has 3 rings (SSSR count). The number of likely N-dealkylation sites (tertiary alicyclic amines) is 1. The quantitative estimate of drug-likeness (QED) is 0.939. The van der Waals surface area contributed by atoms with Crippen molar-refractivity contribution >= 4 is 5.78 Å². The normalized spacial score (nSPS) is 24.8. The first kappa shape index (κ1) is 16.7. The predicted molar refractivity (Wildman–Crippen MR) is 92.8 cm³/mol. The molecule has 1 heterocycles. The molecule has 0 aromatic heterocycles. The number of para-hydroxylation sites is 1. The van der Waals surface area contributed by atoms with Crippen LogP contribution >= 0.6 is 0 Å². The van der Waals surface area contributed by atoms with Crippen molar-refractivity contribution in [2.24, 2.45) is 0 Å². The van der Waals surface area contributed by atoms with Crippen LogP contribution in [0.5, 0.6) is 5.75 Å². The van der Waals surface area contributed by atoms with E-state index in [1.807, 2.05) is 42.5 Å². The summed E-state index contributed by atoms with van der Waals surface area (Å²) in [6.07, 6.45) is 0.278. The van der Waals surface area contributed by atoms with Crippen molar-refractivity contribution in [3.05, 3.63) is 65.7 Å². The zero-order valence-corrected chi connectivity index (χ0v) is 14.1. The van der Waals surface area contributed by atoms with E-state index in [1.165, 1.54) is 0 Å². The highest BCUT2D eigenvalue weighted by Gasteiger charge is 2.42. The Morgan fingerprint density at radius 3 is 2.54 bits per heavy atom. The summed E-state index contributed by atoms with van der Waals surface area (Å²) in [6, 6.07) is 17.8. The summed E-state index contributed by atoms with van der Waals surface area (Å²) in [5.74, 6) is 0.651. The van der Waals surface area contributed by atoms with Gasteiger partial charge in [0.25, 0.3) is 0 Å². The standard InChI is InChI=1S/C20H23NO3/c1-20(23)14-21(13-15-8-4-3-5-9-15)17(12-19(20)22)16-10-6-7-11-18(16)24-2/h3-11,17,23H,12-14H2,1-2H3. The molecule has 0 bridgehead atoms. The molecule has 2 aromatic rings. The second-order valence-corrected chi connectivity index (χ2v) is 6.55. The number of ether oxygens (including phenoxy) is 1. The number of β-amino-alcohol motifs (C(OH)–C–C–N with tert-alkyl or cyclic N) is 1. The summed E-state index contributed by atoms with van der Waals surface area (Å²) in [5.41, 5.74) is 0.829. The van der Waals surface area contributed by atoms with E-state index < -0.39 is 5.60 Å². The van der Waals surface area contributed by atoms with Crippen LogP contribution in [0.2, 0.25) is 0 Å². The number of methoxy groups -OCH3 is 1. The highest BCUT2D eigenvalue weighted by atomic mass is 16.5. The lowest BCUT2D eigenvalue weighted by Crippen LogP contribution is -2.53. The van der Waals surface area contributed by atoms with E-state index in [1.54, 1.807) is 14.0 Å². The van der Waals surface area contributed by atoms with Crippen molar-refractivity contribution in [3.8, 4) is 5.75 Å². The largest absolute Gasteiger partial charge is 0.496 e. The van der Waals surface area contributed by atoms with Gasteiger partial charge in [-0.25, -0.2) is 0 Å². The van der Waals surface area contributed by atoms with Gasteiger partial charge in [0, 0.05) is 31.1 Å². The van der Waals surface area contributed by atoms with Crippen LogP contribution in [0.25, 0.3) is 0 Å². The van der Waals surface area contributed by atoms with E-state index in [0.29, 0.717) is 13.1 Å². The predicted octanol–water partition coefficient (Wildman–Crippen LogP) is 2.96. The van der Waals surface area contributed by atoms with Crippen molar-refractivity contribution in [2.45, 2.75) is 31.5 Å². The first-order valence-electron chi connectivity index (χ1n) is 8.18. The summed E-state index contributed by atoms with van der Waals surface area (Å²) >= 11 is 0. The zero-order chi connectivity index (χ0) is 17.2. The van der Waals surface area contributed by atoms with Gasteiger partial charge in [-0.05, 0) is 18.6 Å². The Morgan fingerprint density at radius 2 is 1.83 bits per heavy atom. The molecule has 0 saturated carbocycles. The minimum absolute atomic E-state index is 0.103. The molecule has 0 radical (unpaired) electrons. The average molecular weight is 325 g/mol. The number of carbonyl (C=O) groups is 1. The first-order chi connectivity index (χ1) is 11.5. The molecule has 4 heteroatoms. The molecule has 24 heavy (non-hydrogen) atoms. The number of hydrogen-bond acceptors (Lipinski definition) is 4. The highest BCUT2D eigenvalue weighted by Crippen LogP contribution is 2.38. The zero-order valence-electron chi connectivity index (χ0n) is 14.1. The van der Waals surface area contributed by atoms with E-state index in [4.69, 9.17) is 4.74 Å². The molecule has 2 aromatic carbocycles. The van der Waals surface area contributed by atoms with E-state index in [9.17, 15) is 9.90 Å². The van der Waals surface area contributed by atoms with Gasteiger partial charge in [-0.1, -0.05) is 48.5 Å². The van der Waals surface area contributed by atoms with Crippen molar-refractivity contribution in [1.82, 2.24) is 4.90 Å². The molecule has 1 N–H and O–H groups in total. The van der Waals surface area contributed by atoms with Crippen LogP contribution in [0.1, 0.15) is 30.5 Å². The lowest BCUT2D eigenvalue weighted by Gasteiger charge is -2.42. The Labute approximate surface area is 142 Å². The lowest BCUT2D eigenvalue weighted by molar-refractivity contribution is -0.146. The maximum absolute atomic E-state index is 12.4. The maximum atomic E-state index is 12.4. The number of aliphatic hydroxyl groups is 1. The van der Waals surface area contributed by atoms with Gasteiger partial charge >= 0.3 is 0 Å². The summed E-state index contributed by atoms with van der Waals surface area (Å²) in [6.45, 7) is 2.59. The Hall–Kier alpha value is -2.17. The number of benzene rings is 2. The molecular weight excluding hydrogens is 302 g/mol. The van der Waals surface area contributed by atoms with Gasteiger partial charge in [0.1, 0.15) is 11.4 Å². The molecule has 1 aliphatic heterocycles. The summed E-state index contributed by atoms with van der Waals surface area (Å²) in [5, 5.41) is 10.5. The van der Waals surface area contributed by atoms with Crippen LogP contribution in [-0.2, 0) is 11.3 Å². The molecule has 2 unspecified atom stereocenters. The third kappa shape index (κ3) is 3.35. The second kappa shape index (κ2) is 6.75. The maximum Gasteiger partial charge on any atom is 0.167 e. The third-order valence-corrected chi connectivity index (χ3v) is 4.66. The summed E-state index contributed by atoms with van der Waals surface area (Å²) < 4.78 is 5.48. The van der Waals surface area contributed by atoms with Gasteiger partial charge in [0.15, 0.2) is 5.78 Å². The first-order valence-corrected chi connectivity index (χ1v) is 8.18. The van der Waals surface area contributed by atoms with Gasteiger partial charge < -0.3 is 9.84 Å². The smallest absolute Gasteiger partial charge is 0.167 e. The number of nitrogens with zero attached hydrogens (tertiary/aromatic N) is 1. The molecular formula is C20H23NO3. The monoisotopic (exact) mass is 325 g/mol. The molecule has 126 valence electrons. The fourth-order valence-electron chi connectivity index (χ4n) is 3.35. The van der Waals surface area contributed by atoms with Crippen molar-refractivity contribution in [3.63, 3.8) is 0 Å². The third-order valence-electron chi connectivity index (χ3n) is 4.66. The minimum Gasteiger partial charge on any atom is -0.496 e. The Morgan fingerprint density at radius 1 is 1.17 bits per heavy atom. The molecule has 1 fully saturated rings. The molecule has 1 aliphatic rings. The van der Waals surface area contributed by atoms with Crippen LogP contribution in [0.3, 0.4) is 0 Å². The molecule has 1 saturated heterocycles. The fourth-order valence-corrected chi connectivity index (χ4v) is 3.35. The molecule has 0 aliphatic carbocycles. The topological polar surface area (TPSA) is 49.8 Å². The minimum atomic E-state index is -1.31. The van der Waals surface area contributed by atoms with E-state index >= 15 is 0 Å². The van der Waals surface area contributed by atoms with Gasteiger partial charge in [0.2, 0.25) is 0 Å². The lowest BCUT2D eigenvalue weighted by atomic mass is 9.85. The highest BCUT2D eigenvalue weighted by molar-refractivity contribution is 5.88. The number of hydrogen-bond donors (Lipinski definition) is 1. The average Bonchev–Trinajstić information content (AvgIpc) is 2.58. The number of Topliss-reactive ketones (excluding diaryl/α,β-unsaturated/α-hetero) is 1. The fraction of sp³-hybridized carbons (Fsp3) is 0.350. The summed E-state index contributed by atoms with van der Waals surface area (Å²) in [4.78, 5) is 14.5. The van der Waals surface area contributed by atoms with Crippen LogP contribution < -0.4 is 4.74 Å². The van der Waals surface area contributed by atoms with Crippen LogP contribution in [0.4, 0.5) is 0 Å². The molecule has 4 nitrogen and oxygen atoms in total. The number of ketones is 1.